The van der Waals surface area contributed by atoms with E-state index >= 15 is 0 Å². The Kier molecular flexibility index (Phi) is 3.43. The summed E-state index contributed by atoms with van der Waals surface area (Å²) >= 11 is 0. The maximum absolute atomic E-state index is 12.8. The van der Waals surface area contributed by atoms with Gasteiger partial charge >= 0.3 is 6.03 Å². The van der Waals surface area contributed by atoms with Gasteiger partial charge in [0.2, 0.25) is 0 Å². The van der Waals surface area contributed by atoms with Crippen LogP contribution in [0, 0.1) is 0 Å². The summed E-state index contributed by atoms with van der Waals surface area (Å²) in [6, 6.07) is 12.8. The molecule has 2 heterocycles. The Bertz CT molecular complexity index is 1030. The molecule has 0 aliphatic carbocycles. The molecule has 1 atom stereocenters. The molecule has 0 spiro atoms. The van der Waals surface area contributed by atoms with Crippen molar-refractivity contribution < 1.29 is 14.4 Å². The van der Waals surface area contributed by atoms with Gasteiger partial charge in [-0.25, -0.2) is 4.79 Å². The lowest BCUT2D eigenvalue weighted by atomic mass is 9.92. The van der Waals surface area contributed by atoms with Gasteiger partial charge < -0.3 is 5.32 Å². The Labute approximate surface area is 147 Å². The van der Waals surface area contributed by atoms with Crippen molar-refractivity contribution >= 4 is 28.9 Å². The van der Waals surface area contributed by atoms with Gasteiger partial charge in [0.25, 0.3) is 11.8 Å². The second kappa shape index (κ2) is 5.66. The highest BCUT2D eigenvalue weighted by atomic mass is 16.2. The predicted molar refractivity (Wildman–Crippen MR) is 90.5 cm³/mol. The summed E-state index contributed by atoms with van der Waals surface area (Å²) in [5.74, 6) is -1.17. The highest BCUT2D eigenvalue weighted by Gasteiger charge is 2.50. The molecular weight excluding hydrogens is 336 g/mol. The number of urea groups is 1. The molecule has 1 aromatic heterocycles. The summed E-state index contributed by atoms with van der Waals surface area (Å²) in [5, 5.41) is 13.6. The fourth-order valence-electron chi connectivity index (χ4n) is 2.86. The monoisotopic (exact) mass is 350 g/mol. The molecule has 2 aromatic carbocycles. The molecule has 0 bridgehead atoms. The molecular formula is C17H14N6O3. The Balaban J connectivity index is 1.59. The summed E-state index contributed by atoms with van der Waals surface area (Å²) in [7, 11) is 0. The number of fused-ring (bicyclic) bond motifs is 1. The number of amides is 4. The first kappa shape index (κ1) is 15.8. The molecule has 0 radical (unpaired) electrons. The third-order valence-corrected chi connectivity index (χ3v) is 4.33. The number of rotatable bonds is 3. The van der Waals surface area contributed by atoms with Crippen LogP contribution in [0.15, 0.2) is 48.5 Å². The number of H-pyrrole nitrogens is 1. The molecule has 1 fully saturated rings. The number of nitrogens with zero attached hydrogens (tertiary/aromatic N) is 3. The summed E-state index contributed by atoms with van der Waals surface area (Å²) in [5.41, 5.74) is 3.09. The molecule has 1 unspecified atom stereocenters. The van der Waals surface area contributed by atoms with E-state index in [2.05, 4.69) is 26.2 Å². The van der Waals surface area contributed by atoms with Crippen molar-refractivity contribution in [2.24, 2.45) is 0 Å². The van der Waals surface area contributed by atoms with Crippen LogP contribution in [0.2, 0.25) is 0 Å². The van der Waals surface area contributed by atoms with Gasteiger partial charge in [-0.05, 0) is 30.7 Å². The molecule has 26 heavy (non-hydrogen) atoms. The van der Waals surface area contributed by atoms with E-state index in [0.717, 1.165) is 0 Å². The van der Waals surface area contributed by atoms with Crippen molar-refractivity contribution in [3.05, 3.63) is 59.7 Å². The number of aromatic amines is 1. The quantitative estimate of drug-likeness (QED) is 0.610. The van der Waals surface area contributed by atoms with Crippen LogP contribution < -0.4 is 10.7 Å². The van der Waals surface area contributed by atoms with Crippen molar-refractivity contribution in [2.45, 2.75) is 12.5 Å². The molecule has 3 aromatic rings. The fraction of sp³-hybridized carbons (Fsp3) is 0.118. The van der Waals surface area contributed by atoms with E-state index in [9.17, 15) is 14.4 Å². The molecule has 1 saturated heterocycles. The number of hydrogen-bond donors (Lipinski definition) is 3. The van der Waals surface area contributed by atoms with Crippen molar-refractivity contribution in [2.75, 3.05) is 0 Å². The van der Waals surface area contributed by atoms with Crippen LogP contribution in [0.25, 0.3) is 11.0 Å². The Morgan fingerprint density at radius 1 is 1.08 bits per heavy atom. The second-order valence-electron chi connectivity index (χ2n) is 6.03. The van der Waals surface area contributed by atoms with E-state index < -0.39 is 23.4 Å². The zero-order chi connectivity index (χ0) is 18.3. The maximum atomic E-state index is 12.8. The third-order valence-electron chi connectivity index (χ3n) is 4.33. The zero-order valence-corrected chi connectivity index (χ0v) is 13.7. The number of hydrogen-bond acceptors (Lipinski definition) is 5. The highest BCUT2D eigenvalue weighted by Crippen LogP contribution is 2.27. The number of nitrogens with one attached hydrogen (secondary N) is 3. The van der Waals surface area contributed by atoms with Crippen molar-refractivity contribution in [1.82, 2.24) is 31.2 Å². The normalized spacial score (nSPS) is 19.7. The van der Waals surface area contributed by atoms with E-state index in [-0.39, 0.29) is 5.56 Å². The smallest absolute Gasteiger partial charge is 0.318 e. The van der Waals surface area contributed by atoms with Crippen LogP contribution in [0.1, 0.15) is 22.8 Å². The topological polar surface area (TPSA) is 120 Å². The fourth-order valence-corrected chi connectivity index (χ4v) is 2.86. The van der Waals surface area contributed by atoms with Crippen molar-refractivity contribution in [3.63, 3.8) is 0 Å². The lowest BCUT2D eigenvalue weighted by molar-refractivity contribution is -0.132. The van der Waals surface area contributed by atoms with Gasteiger partial charge in [-0.15, -0.1) is 0 Å². The lowest BCUT2D eigenvalue weighted by Crippen LogP contribution is -2.47. The second-order valence-corrected chi connectivity index (χ2v) is 6.03. The van der Waals surface area contributed by atoms with Gasteiger partial charge in [0, 0.05) is 5.56 Å². The number of hydrazine groups is 1. The minimum absolute atomic E-state index is 0.250. The van der Waals surface area contributed by atoms with Crippen molar-refractivity contribution in [1.29, 1.82) is 0 Å². The molecule has 1 aliphatic heterocycles. The van der Waals surface area contributed by atoms with Crippen LogP contribution in [0.3, 0.4) is 0 Å². The van der Waals surface area contributed by atoms with Crippen LogP contribution in [0.4, 0.5) is 4.79 Å². The molecule has 9 heteroatoms. The minimum atomic E-state index is -1.25. The zero-order valence-electron chi connectivity index (χ0n) is 13.7. The van der Waals surface area contributed by atoms with Gasteiger partial charge in [0.1, 0.15) is 16.6 Å². The molecule has 4 rings (SSSR count). The first-order valence-corrected chi connectivity index (χ1v) is 7.83. The average Bonchev–Trinajstić information content (AvgIpc) is 3.20. The van der Waals surface area contributed by atoms with Crippen molar-refractivity contribution in [3.8, 4) is 0 Å². The Hall–Kier alpha value is -3.75. The highest BCUT2D eigenvalue weighted by molar-refractivity contribution is 6.09. The minimum Gasteiger partial charge on any atom is -0.318 e. The summed E-state index contributed by atoms with van der Waals surface area (Å²) < 4.78 is 0. The van der Waals surface area contributed by atoms with Gasteiger partial charge in [0.05, 0.1) is 0 Å². The van der Waals surface area contributed by atoms with Crippen LogP contribution >= 0.6 is 0 Å². The maximum Gasteiger partial charge on any atom is 0.344 e. The number of aromatic nitrogens is 3. The van der Waals surface area contributed by atoms with E-state index in [1.54, 1.807) is 37.3 Å². The van der Waals surface area contributed by atoms with Crippen LogP contribution in [0.5, 0.6) is 0 Å². The van der Waals surface area contributed by atoms with Crippen LogP contribution in [-0.4, -0.2) is 38.3 Å². The van der Waals surface area contributed by atoms with Gasteiger partial charge in [-0.2, -0.15) is 20.4 Å². The molecule has 130 valence electrons. The summed E-state index contributed by atoms with van der Waals surface area (Å²) in [4.78, 5) is 37.5. The van der Waals surface area contributed by atoms with E-state index in [1.807, 2.05) is 6.07 Å². The molecule has 0 saturated carbocycles. The summed E-state index contributed by atoms with van der Waals surface area (Å²) in [6.45, 7) is 1.59. The molecule has 4 amide bonds. The van der Waals surface area contributed by atoms with Crippen LogP contribution in [-0.2, 0) is 10.3 Å². The summed E-state index contributed by atoms with van der Waals surface area (Å²) in [6.07, 6.45) is 0. The molecule has 3 N–H and O–H groups in total. The molecule has 9 nitrogen and oxygen atoms in total. The standard InChI is InChI=1S/C17H14N6O3/c1-17(11-5-3-2-4-6-11)15(25)23(16(26)18-17)21-14(24)10-7-8-12-13(9-10)20-22-19-12/h2-9H,1H3,(H,18,26)(H,21,24)(H,19,20,22). The first-order valence-electron chi connectivity index (χ1n) is 7.83. The Morgan fingerprint density at radius 3 is 2.58 bits per heavy atom. The number of carbonyl (C=O) groups is 3. The SMILES string of the molecule is CC1(c2ccccc2)NC(=O)N(NC(=O)c2ccc3n[nH]nc3c2)C1=O. The van der Waals surface area contributed by atoms with Gasteiger partial charge in [-0.3, -0.25) is 15.0 Å². The lowest BCUT2D eigenvalue weighted by Gasteiger charge is -2.22. The number of carbonyl (C=O) groups excluding carboxylic acids is 3. The van der Waals surface area contributed by atoms with E-state index in [0.29, 0.717) is 21.6 Å². The van der Waals surface area contributed by atoms with E-state index in [1.165, 1.54) is 12.1 Å². The third kappa shape index (κ3) is 2.37. The first-order chi connectivity index (χ1) is 12.5. The Morgan fingerprint density at radius 2 is 1.81 bits per heavy atom. The average molecular weight is 350 g/mol. The van der Waals surface area contributed by atoms with Gasteiger partial charge in [0.15, 0.2) is 0 Å². The largest absolute Gasteiger partial charge is 0.344 e. The number of benzene rings is 2. The molecule has 1 aliphatic rings. The van der Waals surface area contributed by atoms with E-state index in [4.69, 9.17) is 0 Å². The predicted octanol–water partition coefficient (Wildman–Crippen LogP) is 1.07. The van der Waals surface area contributed by atoms with Gasteiger partial charge in [-0.1, -0.05) is 30.3 Å². The number of imide groups is 1.